The highest BCUT2D eigenvalue weighted by atomic mass is 35.5. The van der Waals surface area contributed by atoms with Crippen LogP contribution in [0.25, 0.3) is 0 Å². The van der Waals surface area contributed by atoms with Crippen molar-refractivity contribution in [1.82, 2.24) is 10.3 Å². The lowest BCUT2D eigenvalue weighted by Crippen LogP contribution is -2.41. The van der Waals surface area contributed by atoms with Gasteiger partial charge in [0.1, 0.15) is 10.7 Å². The van der Waals surface area contributed by atoms with Crippen molar-refractivity contribution in [3.63, 3.8) is 0 Å². The molecule has 3 heterocycles. The van der Waals surface area contributed by atoms with Gasteiger partial charge < -0.3 is 10.2 Å². The van der Waals surface area contributed by atoms with E-state index < -0.39 is 20.7 Å². The molecule has 1 aromatic heterocycles. The van der Waals surface area contributed by atoms with Crippen LogP contribution in [-0.2, 0) is 10.0 Å². The Kier molecular flexibility index (Phi) is 6.29. The van der Waals surface area contributed by atoms with Crippen LogP contribution in [0.15, 0.2) is 28.6 Å². The van der Waals surface area contributed by atoms with Crippen LogP contribution in [0.1, 0.15) is 25.7 Å². The molecule has 1 unspecified atom stereocenters. The second-order valence-electron chi connectivity index (χ2n) is 7.61. The summed E-state index contributed by atoms with van der Waals surface area (Å²) < 4.78 is 42.2. The molecule has 158 valence electrons. The Hall–Kier alpha value is -1.42. The molecule has 2 N–H and O–H groups in total. The van der Waals surface area contributed by atoms with E-state index in [0.717, 1.165) is 43.9 Å². The van der Waals surface area contributed by atoms with Gasteiger partial charge in [0.2, 0.25) is 0 Å². The van der Waals surface area contributed by atoms with Gasteiger partial charge in [-0.15, -0.1) is 11.3 Å². The van der Waals surface area contributed by atoms with Crippen LogP contribution in [0.4, 0.5) is 15.2 Å². The molecule has 2 aliphatic heterocycles. The second kappa shape index (κ2) is 8.75. The minimum Gasteiger partial charge on any atom is -0.370 e. The molecule has 1 aromatic carbocycles. The first-order chi connectivity index (χ1) is 13.9. The van der Waals surface area contributed by atoms with Crippen molar-refractivity contribution in [1.29, 1.82) is 0 Å². The Balaban J connectivity index is 1.55. The highest BCUT2D eigenvalue weighted by molar-refractivity contribution is 7.93. The molecular formula is C19H24ClFN4O2S2. The number of nitrogens with zero attached hydrogens (tertiary/aromatic N) is 2. The van der Waals surface area contributed by atoms with Crippen LogP contribution < -0.4 is 14.9 Å². The number of halogens is 2. The minimum atomic E-state index is -4.10. The summed E-state index contributed by atoms with van der Waals surface area (Å²) in [7, 11) is -4.10. The Labute approximate surface area is 179 Å². The van der Waals surface area contributed by atoms with Crippen LogP contribution >= 0.6 is 22.9 Å². The van der Waals surface area contributed by atoms with Crippen molar-refractivity contribution >= 4 is 43.8 Å². The van der Waals surface area contributed by atoms with Gasteiger partial charge in [-0.1, -0.05) is 11.6 Å². The molecular weight excluding hydrogens is 435 g/mol. The maximum Gasteiger partial charge on any atom is 0.266 e. The van der Waals surface area contributed by atoms with Crippen LogP contribution in [0.3, 0.4) is 0 Å². The SMILES string of the molecule is O=S(=O)(Nc1nccs1)c1cc(Cl)c(N2CCCC(C3CCNCC3)C2)cc1F. The van der Waals surface area contributed by atoms with Crippen LogP contribution in [0.5, 0.6) is 0 Å². The predicted molar refractivity (Wildman–Crippen MR) is 115 cm³/mol. The fourth-order valence-corrected chi connectivity index (χ4v) is 6.56. The van der Waals surface area contributed by atoms with Gasteiger partial charge in [0.25, 0.3) is 10.0 Å². The fraction of sp³-hybridized carbons (Fsp3) is 0.526. The van der Waals surface area contributed by atoms with E-state index in [0.29, 0.717) is 17.5 Å². The summed E-state index contributed by atoms with van der Waals surface area (Å²) >= 11 is 7.56. The molecule has 0 amide bonds. The first kappa shape index (κ1) is 20.8. The lowest BCUT2D eigenvalue weighted by Gasteiger charge is -2.40. The number of anilines is 2. The number of rotatable bonds is 5. The molecule has 4 rings (SSSR count). The van der Waals surface area contributed by atoms with Gasteiger partial charge in [0.05, 0.1) is 10.7 Å². The average molecular weight is 459 g/mol. The van der Waals surface area contributed by atoms with Crippen molar-refractivity contribution in [2.45, 2.75) is 30.6 Å². The number of aromatic nitrogens is 1. The van der Waals surface area contributed by atoms with Crippen molar-refractivity contribution in [3.8, 4) is 0 Å². The van der Waals surface area contributed by atoms with E-state index in [1.807, 2.05) is 0 Å². The summed E-state index contributed by atoms with van der Waals surface area (Å²) in [4.78, 5) is 5.52. The standard InChI is InChI=1S/C19H24ClFN4O2S2/c20-15-10-18(29(26,27)24-19-23-7-9-28-19)16(21)11-17(15)25-8-1-2-14(12-25)13-3-5-22-6-4-13/h7,9-11,13-14,22H,1-6,8,12H2,(H,23,24). The molecule has 29 heavy (non-hydrogen) atoms. The molecule has 0 saturated carbocycles. The Morgan fingerprint density at radius 1 is 1.24 bits per heavy atom. The number of benzene rings is 1. The first-order valence-electron chi connectivity index (χ1n) is 9.81. The second-order valence-corrected chi connectivity index (χ2v) is 10.6. The molecule has 0 aliphatic carbocycles. The lowest BCUT2D eigenvalue weighted by atomic mass is 9.80. The molecule has 10 heteroatoms. The zero-order valence-electron chi connectivity index (χ0n) is 15.9. The molecule has 2 aromatic rings. The van der Waals surface area contributed by atoms with E-state index >= 15 is 0 Å². The summed E-state index contributed by atoms with van der Waals surface area (Å²) in [5.41, 5.74) is 0.566. The van der Waals surface area contributed by atoms with Crippen LogP contribution in [-0.4, -0.2) is 39.6 Å². The van der Waals surface area contributed by atoms with Crippen LogP contribution in [0, 0.1) is 17.7 Å². The van der Waals surface area contributed by atoms with Crippen LogP contribution in [0.2, 0.25) is 5.02 Å². The van der Waals surface area contributed by atoms with E-state index in [-0.39, 0.29) is 10.2 Å². The number of sulfonamides is 1. The number of thiazole rings is 1. The molecule has 2 saturated heterocycles. The molecule has 2 fully saturated rings. The van der Waals surface area contributed by atoms with Crippen molar-refractivity contribution in [2.24, 2.45) is 11.8 Å². The quantitative estimate of drug-likeness (QED) is 0.709. The monoisotopic (exact) mass is 458 g/mol. The zero-order chi connectivity index (χ0) is 20.4. The van der Waals surface area contributed by atoms with E-state index in [4.69, 9.17) is 11.6 Å². The van der Waals surface area contributed by atoms with E-state index in [1.165, 1.54) is 37.6 Å². The van der Waals surface area contributed by atoms with Gasteiger partial charge in [-0.3, -0.25) is 4.72 Å². The Bertz CT molecular complexity index is 949. The number of hydrogen-bond acceptors (Lipinski definition) is 6. The maximum atomic E-state index is 14.8. The lowest BCUT2D eigenvalue weighted by molar-refractivity contribution is 0.230. The van der Waals surface area contributed by atoms with E-state index in [9.17, 15) is 12.8 Å². The number of hydrogen-bond donors (Lipinski definition) is 2. The van der Waals surface area contributed by atoms with E-state index in [2.05, 4.69) is 19.9 Å². The summed E-state index contributed by atoms with van der Waals surface area (Å²) in [6, 6.07) is 2.46. The third-order valence-corrected chi connectivity index (χ3v) is 8.27. The van der Waals surface area contributed by atoms with Crippen molar-refractivity contribution < 1.29 is 12.8 Å². The highest BCUT2D eigenvalue weighted by Crippen LogP contribution is 2.37. The minimum absolute atomic E-state index is 0.186. The third-order valence-electron chi connectivity index (χ3n) is 5.79. The summed E-state index contributed by atoms with van der Waals surface area (Å²) in [5, 5.41) is 5.47. The van der Waals surface area contributed by atoms with Gasteiger partial charge in [-0.05, 0) is 56.7 Å². The summed E-state index contributed by atoms with van der Waals surface area (Å²) in [5.74, 6) is 0.419. The molecule has 6 nitrogen and oxygen atoms in total. The largest absolute Gasteiger partial charge is 0.370 e. The Morgan fingerprint density at radius 2 is 2.03 bits per heavy atom. The van der Waals surface area contributed by atoms with Gasteiger partial charge in [-0.2, -0.15) is 0 Å². The van der Waals surface area contributed by atoms with Gasteiger partial charge in [-0.25, -0.2) is 17.8 Å². The third kappa shape index (κ3) is 4.68. The molecule has 0 spiro atoms. The first-order valence-corrected chi connectivity index (χ1v) is 12.5. The highest BCUT2D eigenvalue weighted by Gasteiger charge is 2.30. The normalized spacial score (nSPS) is 21.3. The van der Waals surface area contributed by atoms with Crippen molar-refractivity contribution in [3.05, 3.63) is 34.5 Å². The van der Waals surface area contributed by atoms with E-state index in [1.54, 1.807) is 5.38 Å². The summed E-state index contributed by atoms with van der Waals surface area (Å²) in [6.45, 7) is 3.72. The van der Waals surface area contributed by atoms with Gasteiger partial charge in [0, 0.05) is 30.7 Å². The average Bonchev–Trinajstić information content (AvgIpc) is 3.22. The van der Waals surface area contributed by atoms with Gasteiger partial charge >= 0.3 is 0 Å². The zero-order valence-corrected chi connectivity index (χ0v) is 18.3. The number of piperidine rings is 2. The van der Waals surface area contributed by atoms with Crippen molar-refractivity contribution in [2.75, 3.05) is 35.8 Å². The summed E-state index contributed by atoms with van der Waals surface area (Å²) in [6.07, 6.45) is 6.01. The molecule has 1 atom stereocenters. The molecule has 0 bridgehead atoms. The number of nitrogens with one attached hydrogen (secondary N) is 2. The van der Waals surface area contributed by atoms with Gasteiger partial charge in [0.15, 0.2) is 5.13 Å². The fourth-order valence-electron chi connectivity index (χ4n) is 4.34. The molecule has 2 aliphatic rings. The Morgan fingerprint density at radius 3 is 2.76 bits per heavy atom. The predicted octanol–water partition coefficient (Wildman–Crippen LogP) is 3.95. The smallest absolute Gasteiger partial charge is 0.266 e. The molecule has 0 radical (unpaired) electrons. The topological polar surface area (TPSA) is 74.3 Å². The maximum absolute atomic E-state index is 14.8.